The minimum Gasteiger partial charge on any atom is -0.748 e. The van der Waals surface area contributed by atoms with Crippen LogP contribution in [0.4, 0.5) is 11.4 Å². The number of hydrogen-bond donors (Lipinski definition) is 0. The highest BCUT2D eigenvalue weighted by Gasteiger charge is 2.43. The Morgan fingerprint density at radius 1 is 1.00 bits per heavy atom. The number of anilines is 1. The van der Waals surface area contributed by atoms with Crippen LogP contribution in [0.3, 0.4) is 0 Å². The average Bonchev–Trinajstić information content (AvgIpc) is 2.92. The summed E-state index contributed by atoms with van der Waals surface area (Å²) in [5, 5.41) is 0. The monoisotopic (exact) mass is 438 g/mol. The number of fused-ring (bicyclic) bond motifs is 1. The molecule has 1 heterocycles. The Morgan fingerprint density at radius 3 is 2.29 bits per heavy atom. The van der Waals surface area contributed by atoms with Crippen LogP contribution in [0, 0.1) is 0 Å². The van der Waals surface area contributed by atoms with Crippen molar-refractivity contribution in [3.05, 3.63) is 77.9 Å². The van der Waals surface area contributed by atoms with E-state index >= 15 is 0 Å². The van der Waals surface area contributed by atoms with E-state index in [1.807, 2.05) is 44.4 Å². The van der Waals surface area contributed by atoms with Gasteiger partial charge in [-0.3, -0.25) is 0 Å². The number of rotatable bonds is 8. The zero-order valence-electron chi connectivity index (χ0n) is 18.6. The lowest BCUT2D eigenvalue weighted by atomic mass is 9.81. The minimum absolute atomic E-state index is 0.218. The summed E-state index contributed by atoms with van der Waals surface area (Å²) < 4.78 is 35.3. The summed E-state index contributed by atoms with van der Waals surface area (Å²) in [7, 11) is -0.181. The molecule has 0 radical (unpaired) electrons. The summed E-state index contributed by atoms with van der Waals surface area (Å²) in [5.41, 5.74) is 5.41. The average molecular weight is 439 g/mol. The molecule has 3 rings (SSSR count). The van der Waals surface area contributed by atoms with Crippen LogP contribution < -0.4 is 4.90 Å². The number of allylic oxidation sites excluding steroid dienone is 3. The van der Waals surface area contributed by atoms with E-state index in [2.05, 4.69) is 65.8 Å². The molecule has 1 aliphatic rings. The first-order chi connectivity index (χ1) is 14.6. The van der Waals surface area contributed by atoms with Crippen molar-refractivity contribution in [3.63, 3.8) is 0 Å². The van der Waals surface area contributed by atoms with E-state index in [4.69, 9.17) is 0 Å². The summed E-state index contributed by atoms with van der Waals surface area (Å²) in [5.74, 6) is -0.355. The Kier molecular flexibility index (Phi) is 6.82. The van der Waals surface area contributed by atoms with Crippen molar-refractivity contribution in [2.45, 2.75) is 25.7 Å². The van der Waals surface area contributed by atoms with Crippen LogP contribution in [0.15, 0.2) is 66.8 Å². The van der Waals surface area contributed by atoms with Crippen LogP contribution in [0.25, 0.3) is 6.08 Å². The first kappa shape index (κ1) is 23.0. The third kappa shape index (κ3) is 5.51. The Hall–Kier alpha value is -2.70. The summed E-state index contributed by atoms with van der Waals surface area (Å²) in [6, 6.07) is 16.5. The standard InChI is InChI=1S/C25H30N2O3S/c1-25(2)22-11-6-7-12-23(22)27(18-9-19-31(28,29)30)24(25)13-8-5-10-20-14-16-21(17-15-20)26(3)4/h5-8,10-17H,9,18-19H2,1-4H3. The highest BCUT2D eigenvalue weighted by molar-refractivity contribution is 7.85. The lowest BCUT2D eigenvalue weighted by Gasteiger charge is -2.15. The van der Waals surface area contributed by atoms with Gasteiger partial charge < -0.3 is 9.45 Å². The van der Waals surface area contributed by atoms with Crippen LogP contribution in [0.5, 0.6) is 0 Å². The van der Waals surface area contributed by atoms with Gasteiger partial charge in [0, 0.05) is 49.7 Å². The van der Waals surface area contributed by atoms with Gasteiger partial charge in [-0.15, -0.1) is 0 Å². The molecule has 164 valence electrons. The molecule has 6 heteroatoms. The third-order valence-electron chi connectivity index (χ3n) is 5.64. The van der Waals surface area contributed by atoms with Crippen LogP contribution in [-0.4, -0.2) is 49.7 Å². The molecule has 5 nitrogen and oxygen atoms in total. The normalized spacial score (nSPS) is 15.8. The van der Waals surface area contributed by atoms with Crippen molar-refractivity contribution in [1.82, 2.24) is 0 Å². The minimum atomic E-state index is -4.22. The van der Waals surface area contributed by atoms with Crippen molar-refractivity contribution in [1.29, 1.82) is 0 Å². The van der Waals surface area contributed by atoms with Crippen molar-refractivity contribution < 1.29 is 17.5 Å². The maximum absolute atomic E-state index is 11.1. The molecule has 0 saturated heterocycles. The zero-order valence-corrected chi connectivity index (χ0v) is 19.4. The van der Waals surface area contributed by atoms with Crippen LogP contribution >= 0.6 is 0 Å². The van der Waals surface area contributed by atoms with Crippen molar-refractivity contribution in [2.24, 2.45) is 0 Å². The van der Waals surface area contributed by atoms with E-state index in [9.17, 15) is 13.0 Å². The maximum Gasteiger partial charge on any atom is 0.209 e. The summed E-state index contributed by atoms with van der Waals surface area (Å²) in [6.07, 6.45) is 8.45. The van der Waals surface area contributed by atoms with Crippen LogP contribution in [0.2, 0.25) is 0 Å². The number of hydrogen-bond acceptors (Lipinski definition) is 4. The van der Waals surface area contributed by atoms with E-state index in [-0.39, 0.29) is 11.2 Å². The summed E-state index contributed by atoms with van der Waals surface area (Å²) in [6.45, 7) is 4.82. The van der Waals surface area contributed by atoms with E-state index < -0.39 is 10.1 Å². The van der Waals surface area contributed by atoms with Crippen LogP contribution in [-0.2, 0) is 15.5 Å². The molecule has 0 atom stereocenters. The van der Waals surface area contributed by atoms with Gasteiger partial charge in [0.15, 0.2) is 5.71 Å². The number of benzene rings is 2. The molecule has 0 N–H and O–H groups in total. The molecule has 0 spiro atoms. The fraction of sp³-hybridized carbons (Fsp3) is 0.320. The van der Waals surface area contributed by atoms with Crippen LogP contribution in [0.1, 0.15) is 31.4 Å². The second-order valence-electron chi connectivity index (χ2n) is 8.50. The largest absolute Gasteiger partial charge is 0.748 e. The SMILES string of the molecule is CN(C)c1ccc(C=CC=CC2=[N+](CCCS(=O)(=O)[O-])c3ccccc3C2(C)C)cc1. The molecular weight excluding hydrogens is 408 g/mol. The van der Waals surface area contributed by atoms with E-state index in [1.165, 1.54) is 5.56 Å². The third-order valence-corrected chi connectivity index (χ3v) is 6.43. The van der Waals surface area contributed by atoms with Gasteiger partial charge >= 0.3 is 0 Å². The molecule has 0 saturated carbocycles. The maximum atomic E-state index is 11.1. The topological polar surface area (TPSA) is 63.5 Å². The molecule has 1 aliphatic heterocycles. The Balaban J connectivity index is 1.84. The van der Waals surface area contributed by atoms with Gasteiger partial charge in [-0.25, -0.2) is 8.42 Å². The molecule has 0 aromatic heterocycles. The van der Waals surface area contributed by atoms with Gasteiger partial charge in [0.1, 0.15) is 6.54 Å². The quantitative estimate of drug-likeness (QED) is 0.350. The van der Waals surface area contributed by atoms with Crippen molar-refractivity contribution in [3.8, 4) is 0 Å². The van der Waals surface area contributed by atoms with Gasteiger partial charge in [-0.1, -0.05) is 48.6 Å². The first-order valence-corrected chi connectivity index (χ1v) is 12.0. The highest BCUT2D eigenvalue weighted by Crippen LogP contribution is 2.39. The molecular formula is C25H30N2O3S. The van der Waals surface area contributed by atoms with Gasteiger partial charge in [-0.05, 0) is 31.5 Å². The summed E-state index contributed by atoms with van der Waals surface area (Å²) in [4.78, 5) is 2.07. The van der Waals surface area contributed by atoms with Gasteiger partial charge in [-0.2, -0.15) is 4.58 Å². The van der Waals surface area contributed by atoms with Gasteiger partial charge in [0.05, 0.1) is 15.5 Å². The molecule has 2 aromatic rings. The van der Waals surface area contributed by atoms with Gasteiger partial charge in [0.2, 0.25) is 5.69 Å². The number of para-hydroxylation sites is 1. The van der Waals surface area contributed by atoms with E-state index in [0.717, 1.165) is 22.6 Å². The fourth-order valence-electron chi connectivity index (χ4n) is 3.98. The predicted molar refractivity (Wildman–Crippen MR) is 127 cm³/mol. The molecule has 2 aromatic carbocycles. The van der Waals surface area contributed by atoms with Gasteiger partial charge in [0.25, 0.3) is 0 Å². The molecule has 31 heavy (non-hydrogen) atoms. The lowest BCUT2D eigenvalue weighted by Crippen LogP contribution is -2.28. The molecule has 0 bridgehead atoms. The second kappa shape index (κ2) is 9.20. The zero-order chi connectivity index (χ0) is 22.6. The highest BCUT2D eigenvalue weighted by atomic mass is 32.2. The predicted octanol–water partition coefficient (Wildman–Crippen LogP) is 4.33. The van der Waals surface area contributed by atoms with E-state index in [1.54, 1.807) is 0 Å². The fourth-order valence-corrected chi connectivity index (χ4v) is 4.46. The molecule has 0 amide bonds. The Labute approximate surface area is 185 Å². The Bertz CT molecular complexity index is 1130. The van der Waals surface area contributed by atoms with Crippen molar-refractivity contribution >= 4 is 33.3 Å². The smallest absolute Gasteiger partial charge is 0.209 e. The molecule has 0 aliphatic carbocycles. The molecule has 0 unspecified atom stereocenters. The second-order valence-corrected chi connectivity index (χ2v) is 10.0. The number of nitrogens with zero attached hydrogens (tertiary/aromatic N) is 2. The first-order valence-electron chi connectivity index (χ1n) is 10.4. The molecule has 0 fully saturated rings. The lowest BCUT2D eigenvalue weighted by molar-refractivity contribution is -0.437. The van der Waals surface area contributed by atoms with E-state index in [0.29, 0.717) is 13.0 Å². The Morgan fingerprint density at radius 2 is 1.65 bits per heavy atom. The summed E-state index contributed by atoms with van der Waals surface area (Å²) >= 11 is 0. The van der Waals surface area contributed by atoms with Crippen molar-refractivity contribution in [2.75, 3.05) is 31.3 Å².